The SMILES string of the molecule is Cc1ccc(NS(=O)(=O)c2ccc(C)c(C(=O)Nc3cccc(Oc4cnccn4)c3)c2)cc1. The van der Waals surface area contributed by atoms with E-state index in [4.69, 9.17) is 4.74 Å². The molecule has 2 N–H and O–H groups in total. The van der Waals surface area contributed by atoms with E-state index in [1.807, 2.05) is 19.1 Å². The van der Waals surface area contributed by atoms with Crippen LogP contribution in [0.2, 0.25) is 0 Å². The number of aromatic nitrogens is 2. The molecule has 3 aromatic carbocycles. The number of benzene rings is 3. The van der Waals surface area contributed by atoms with Crippen molar-refractivity contribution in [2.75, 3.05) is 10.0 Å². The minimum Gasteiger partial charge on any atom is -0.437 e. The number of nitrogens with one attached hydrogen (secondary N) is 2. The van der Waals surface area contributed by atoms with Gasteiger partial charge in [0.15, 0.2) is 0 Å². The van der Waals surface area contributed by atoms with Crippen LogP contribution in [0.15, 0.2) is 90.2 Å². The van der Waals surface area contributed by atoms with Gasteiger partial charge < -0.3 is 10.1 Å². The Morgan fingerprint density at radius 1 is 0.912 bits per heavy atom. The first-order valence-corrected chi connectivity index (χ1v) is 11.8. The Morgan fingerprint density at radius 2 is 1.71 bits per heavy atom. The lowest BCUT2D eigenvalue weighted by atomic mass is 10.1. The number of hydrogen-bond acceptors (Lipinski definition) is 6. The van der Waals surface area contributed by atoms with Gasteiger partial charge in [0.1, 0.15) is 5.75 Å². The topological polar surface area (TPSA) is 110 Å². The van der Waals surface area contributed by atoms with E-state index in [1.165, 1.54) is 30.7 Å². The van der Waals surface area contributed by atoms with Crippen LogP contribution in [0, 0.1) is 13.8 Å². The fraction of sp³-hybridized carbons (Fsp3) is 0.0800. The standard InChI is InChI=1S/C25H22N4O4S/c1-17-6-9-19(10-7-17)29-34(31,32)22-11-8-18(2)23(15-22)25(30)28-20-4-3-5-21(14-20)33-24-16-26-12-13-27-24/h3-16,29H,1-2H3,(H,28,30). The molecular formula is C25H22N4O4S. The van der Waals surface area contributed by atoms with Crippen LogP contribution in [-0.4, -0.2) is 24.3 Å². The number of carbonyl (C=O) groups is 1. The van der Waals surface area contributed by atoms with Crippen LogP contribution in [0.1, 0.15) is 21.5 Å². The Hall–Kier alpha value is -4.24. The van der Waals surface area contributed by atoms with Gasteiger partial charge >= 0.3 is 0 Å². The van der Waals surface area contributed by atoms with Gasteiger partial charge in [-0.05, 0) is 55.8 Å². The third kappa shape index (κ3) is 5.57. The number of amides is 1. The molecule has 0 fully saturated rings. The number of anilines is 2. The fourth-order valence-electron chi connectivity index (χ4n) is 3.14. The van der Waals surface area contributed by atoms with Gasteiger partial charge in [-0.15, -0.1) is 0 Å². The highest BCUT2D eigenvalue weighted by Crippen LogP contribution is 2.24. The Kier molecular flexibility index (Phi) is 6.55. The smallest absolute Gasteiger partial charge is 0.261 e. The molecule has 0 saturated carbocycles. The Balaban J connectivity index is 1.53. The van der Waals surface area contributed by atoms with Crippen molar-refractivity contribution >= 4 is 27.3 Å². The minimum absolute atomic E-state index is 0.0106. The Morgan fingerprint density at radius 3 is 2.44 bits per heavy atom. The van der Waals surface area contributed by atoms with Gasteiger partial charge in [-0.3, -0.25) is 14.5 Å². The van der Waals surface area contributed by atoms with Crippen molar-refractivity contribution in [1.29, 1.82) is 0 Å². The molecule has 0 aliphatic rings. The zero-order chi connectivity index (χ0) is 24.1. The van der Waals surface area contributed by atoms with Gasteiger partial charge in [0.2, 0.25) is 5.88 Å². The average Bonchev–Trinajstić information content (AvgIpc) is 2.81. The van der Waals surface area contributed by atoms with Gasteiger partial charge in [0, 0.05) is 35.4 Å². The fourth-order valence-corrected chi connectivity index (χ4v) is 4.23. The highest BCUT2D eigenvalue weighted by atomic mass is 32.2. The molecule has 4 rings (SSSR count). The van der Waals surface area contributed by atoms with Crippen molar-refractivity contribution in [2.45, 2.75) is 18.7 Å². The number of hydrogen-bond donors (Lipinski definition) is 2. The normalized spacial score (nSPS) is 11.0. The van der Waals surface area contributed by atoms with Crippen molar-refractivity contribution in [3.8, 4) is 11.6 Å². The Bertz CT molecular complexity index is 1420. The molecule has 9 heteroatoms. The van der Waals surface area contributed by atoms with Gasteiger partial charge in [-0.2, -0.15) is 0 Å². The molecule has 0 bridgehead atoms. The largest absolute Gasteiger partial charge is 0.437 e. The number of rotatable bonds is 7. The summed E-state index contributed by atoms with van der Waals surface area (Å²) in [6.07, 6.45) is 4.53. The van der Waals surface area contributed by atoms with Gasteiger partial charge in [-0.25, -0.2) is 13.4 Å². The molecule has 172 valence electrons. The second-order valence-corrected chi connectivity index (χ2v) is 9.26. The summed E-state index contributed by atoms with van der Waals surface area (Å²) >= 11 is 0. The van der Waals surface area contributed by atoms with Gasteiger partial charge in [0.25, 0.3) is 15.9 Å². The lowest BCUT2D eigenvalue weighted by molar-refractivity contribution is 0.102. The molecule has 0 spiro atoms. The maximum Gasteiger partial charge on any atom is 0.261 e. The molecule has 0 saturated heterocycles. The van der Waals surface area contributed by atoms with Crippen molar-refractivity contribution in [3.63, 3.8) is 0 Å². The van der Waals surface area contributed by atoms with Crippen molar-refractivity contribution < 1.29 is 17.9 Å². The van der Waals surface area contributed by atoms with E-state index in [9.17, 15) is 13.2 Å². The molecule has 0 radical (unpaired) electrons. The van der Waals surface area contributed by atoms with E-state index in [-0.39, 0.29) is 10.5 Å². The van der Waals surface area contributed by atoms with Crippen LogP contribution < -0.4 is 14.8 Å². The summed E-state index contributed by atoms with van der Waals surface area (Å²) in [5.74, 6) is 0.344. The monoisotopic (exact) mass is 474 g/mol. The zero-order valence-corrected chi connectivity index (χ0v) is 19.3. The number of sulfonamides is 1. The van der Waals surface area contributed by atoms with Crippen LogP contribution in [-0.2, 0) is 10.0 Å². The second kappa shape index (κ2) is 9.72. The lowest BCUT2D eigenvalue weighted by Gasteiger charge is -2.12. The summed E-state index contributed by atoms with van der Waals surface area (Å²) in [5.41, 5.74) is 2.82. The third-order valence-corrected chi connectivity index (χ3v) is 6.30. The van der Waals surface area contributed by atoms with Crippen LogP contribution in [0.3, 0.4) is 0 Å². The molecular weight excluding hydrogens is 452 g/mol. The summed E-state index contributed by atoms with van der Waals surface area (Å²) in [6.45, 7) is 3.66. The highest BCUT2D eigenvalue weighted by molar-refractivity contribution is 7.92. The molecule has 1 amide bonds. The molecule has 1 heterocycles. The van der Waals surface area contributed by atoms with Crippen molar-refractivity contribution in [1.82, 2.24) is 9.97 Å². The number of carbonyl (C=O) groups excluding carboxylic acids is 1. The Labute approximate surface area is 197 Å². The summed E-state index contributed by atoms with van der Waals surface area (Å²) < 4.78 is 33.9. The first kappa shape index (κ1) is 22.9. The first-order valence-electron chi connectivity index (χ1n) is 10.4. The maximum atomic E-state index is 13.0. The van der Waals surface area contributed by atoms with Crippen LogP contribution >= 0.6 is 0 Å². The minimum atomic E-state index is -3.88. The predicted octanol–water partition coefficient (Wildman–Crippen LogP) is 4.94. The van der Waals surface area contributed by atoms with Gasteiger partial charge in [0.05, 0.1) is 11.1 Å². The van der Waals surface area contributed by atoms with E-state index in [2.05, 4.69) is 20.0 Å². The molecule has 1 aromatic heterocycles. The summed E-state index contributed by atoms with van der Waals surface area (Å²) in [6, 6.07) is 18.2. The second-order valence-electron chi connectivity index (χ2n) is 7.58. The number of nitrogens with zero attached hydrogens (tertiary/aromatic N) is 2. The van der Waals surface area contributed by atoms with E-state index in [0.29, 0.717) is 28.6 Å². The molecule has 0 aliphatic carbocycles. The van der Waals surface area contributed by atoms with E-state index < -0.39 is 15.9 Å². The average molecular weight is 475 g/mol. The number of aryl methyl sites for hydroxylation is 2. The van der Waals surface area contributed by atoms with Crippen LogP contribution in [0.5, 0.6) is 11.6 Å². The third-order valence-electron chi connectivity index (χ3n) is 4.92. The molecule has 0 unspecified atom stereocenters. The maximum absolute atomic E-state index is 13.0. The van der Waals surface area contributed by atoms with Gasteiger partial charge in [-0.1, -0.05) is 29.8 Å². The zero-order valence-electron chi connectivity index (χ0n) is 18.5. The van der Waals surface area contributed by atoms with Crippen molar-refractivity contribution in [2.24, 2.45) is 0 Å². The molecule has 34 heavy (non-hydrogen) atoms. The number of ether oxygens (including phenoxy) is 1. The highest BCUT2D eigenvalue weighted by Gasteiger charge is 2.18. The lowest BCUT2D eigenvalue weighted by Crippen LogP contribution is -2.17. The summed E-state index contributed by atoms with van der Waals surface area (Å²) in [4.78, 5) is 21.0. The van der Waals surface area contributed by atoms with Crippen molar-refractivity contribution in [3.05, 3.63) is 102 Å². The molecule has 0 atom stereocenters. The first-order chi connectivity index (χ1) is 16.3. The quantitative estimate of drug-likeness (QED) is 0.393. The van der Waals surface area contributed by atoms with E-state index >= 15 is 0 Å². The summed E-state index contributed by atoms with van der Waals surface area (Å²) in [7, 11) is -3.88. The van der Waals surface area contributed by atoms with E-state index in [0.717, 1.165) is 5.56 Å². The molecule has 8 nitrogen and oxygen atoms in total. The van der Waals surface area contributed by atoms with Crippen LogP contribution in [0.4, 0.5) is 11.4 Å². The van der Waals surface area contributed by atoms with Crippen LogP contribution in [0.25, 0.3) is 0 Å². The molecule has 4 aromatic rings. The summed E-state index contributed by atoms with van der Waals surface area (Å²) in [5, 5.41) is 2.79. The predicted molar refractivity (Wildman–Crippen MR) is 130 cm³/mol. The molecule has 0 aliphatic heterocycles. The van der Waals surface area contributed by atoms with E-state index in [1.54, 1.807) is 49.4 Å².